The monoisotopic (exact) mass is 361 g/mol. The van der Waals surface area contributed by atoms with Crippen LogP contribution in [-0.4, -0.2) is 45.3 Å². The molecular formula is C15H24ClN3O3S. The lowest BCUT2D eigenvalue weighted by molar-refractivity contribution is 0.0999. The third-order valence-electron chi connectivity index (χ3n) is 4.09. The number of rotatable bonds is 5. The topological polar surface area (TPSA) is 92.5 Å². The van der Waals surface area contributed by atoms with Gasteiger partial charge in [0.1, 0.15) is 0 Å². The number of nitrogens with one attached hydrogen (secondary N) is 1. The second-order valence-electron chi connectivity index (χ2n) is 5.77. The van der Waals surface area contributed by atoms with E-state index < -0.39 is 15.9 Å². The van der Waals surface area contributed by atoms with E-state index in [1.54, 1.807) is 19.1 Å². The van der Waals surface area contributed by atoms with Gasteiger partial charge < -0.3 is 11.1 Å². The minimum Gasteiger partial charge on any atom is -0.366 e. The minimum absolute atomic E-state index is 0. The fourth-order valence-corrected chi connectivity index (χ4v) is 4.46. The van der Waals surface area contributed by atoms with Crippen LogP contribution in [0.25, 0.3) is 0 Å². The molecule has 1 aromatic rings. The molecule has 0 bridgehead atoms. The summed E-state index contributed by atoms with van der Waals surface area (Å²) in [5.41, 5.74) is 6.24. The van der Waals surface area contributed by atoms with Crippen LogP contribution in [0, 0.1) is 12.8 Å². The first kappa shape index (κ1) is 19.9. The predicted molar refractivity (Wildman–Crippen MR) is 92.4 cm³/mol. The van der Waals surface area contributed by atoms with Crippen LogP contribution in [0.1, 0.15) is 28.8 Å². The zero-order valence-corrected chi connectivity index (χ0v) is 15.0. The summed E-state index contributed by atoms with van der Waals surface area (Å²) >= 11 is 0. The van der Waals surface area contributed by atoms with Gasteiger partial charge in [0.15, 0.2) is 0 Å². The molecule has 0 aromatic heterocycles. The van der Waals surface area contributed by atoms with Gasteiger partial charge in [-0.1, -0.05) is 6.07 Å². The Morgan fingerprint density at radius 1 is 1.43 bits per heavy atom. The van der Waals surface area contributed by atoms with E-state index in [0.29, 0.717) is 24.6 Å². The molecule has 8 heteroatoms. The predicted octanol–water partition coefficient (Wildman–Crippen LogP) is 1.14. The van der Waals surface area contributed by atoms with Crippen molar-refractivity contribution in [3.05, 3.63) is 29.3 Å². The molecule has 0 radical (unpaired) electrons. The van der Waals surface area contributed by atoms with Crippen molar-refractivity contribution in [1.82, 2.24) is 9.62 Å². The van der Waals surface area contributed by atoms with Crippen molar-refractivity contribution in [2.45, 2.75) is 24.7 Å². The summed E-state index contributed by atoms with van der Waals surface area (Å²) in [6.07, 6.45) is 1.87. The van der Waals surface area contributed by atoms with E-state index in [-0.39, 0.29) is 22.9 Å². The SMILES string of the molecule is CNCC1CCCN(S(=O)(=O)c2ccc(C)c(C(N)=O)c2)C1.Cl. The molecule has 1 atom stereocenters. The van der Waals surface area contributed by atoms with Crippen LogP contribution in [-0.2, 0) is 10.0 Å². The van der Waals surface area contributed by atoms with Gasteiger partial charge in [-0.25, -0.2) is 8.42 Å². The maximum atomic E-state index is 12.8. The van der Waals surface area contributed by atoms with Gasteiger partial charge in [0, 0.05) is 18.7 Å². The second-order valence-corrected chi connectivity index (χ2v) is 7.71. The molecule has 130 valence electrons. The summed E-state index contributed by atoms with van der Waals surface area (Å²) in [6.45, 7) is 3.55. The molecule has 0 spiro atoms. The minimum atomic E-state index is -3.59. The number of nitrogens with zero attached hydrogens (tertiary/aromatic N) is 1. The van der Waals surface area contributed by atoms with Gasteiger partial charge >= 0.3 is 0 Å². The number of piperidine rings is 1. The molecule has 1 unspecified atom stereocenters. The van der Waals surface area contributed by atoms with Gasteiger partial charge in [-0.15, -0.1) is 12.4 Å². The summed E-state index contributed by atoms with van der Waals surface area (Å²) in [6, 6.07) is 4.55. The number of aryl methyl sites for hydroxylation is 1. The number of primary amides is 1. The molecule has 1 amide bonds. The third kappa shape index (κ3) is 4.44. The fraction of sp³-hybridized carbons (Fsp3) is 0.533. The molecule has 1 aliphatic heterocycles. The van der Waals surface area contributed by atoms with Crippen LogP contribution in [0.4, 0.5) is 0 Å². The first-order valence-electron chi connectivity index (χ1n) is 7.41. The Bertz CT molecular complexity index is 662. The first-order valence-corrected chi connectivity index (χ1v) is 8.85. The second kappa shape index (κ2) is 8.10. The van der Waals surface area contributed by atoms with Crippen molar-refractivity contribution in [1.29, 1.82) is 0 Å². The zero-order chi connectivity index (χ0) is 16.3. The van der Waals surface area contributed by atoms with Crippen LogP contribution in [0.5, 0.6) is 0 Å². The number of amides is 1. The van der Waals surface area contributed by atoms with Gasteiger partial charge in [-0.3, -0.25) is 4.79 Å². The Kier molecular flexibility index (Phi) is 7.01. The summed E-state index contributed by atoms with van der Waals surface area (Å²) in [7, 11) is -1.72. The number of carbonyl (C=O) groups excluding carboxylic acids is 1. The lowest BCUT2D eigenvalue weighted by Crippen LogP contribution is -2.42. The summed E-state index contributed by atoms with van der Waals surface area (Å²) in [4.78, 5) is 11.6. The molecule has 2 rings (SSSR count). The average molecular weight is 362 g/mol. The molecular weight excluding hydrogens is 338 g/mol. The Hall–Kier alpha value is -1.15. The fourth-order valence-electron chi connectivity index (χ4n) is 2.88. The summed E-state index contributed by atoms with van der Waals surface area (Å²) in [5, 5.41) is 3.10. The summed E-state index contributed by atoms with van der Waals surface area (Å²) in [5.74, 6) is -0.296. The zero-order valence-electron chi connectivity index (χ0n) is 13.4. The average Bonchev–Trinajstić information content (AvgIpc) is 2.48. The molecule has 6 nitrogen and oxygen atoms in total. The maximum Gasteiger partial charge on any atom is 0.249 e. The number of hydrogen-bond acceptors (Lipinski definition) is 4. The first-order chi connectivity index (χ1) is 10.4. The molecule has 23 heavy (non-hydrogen) atoms. The van der Waals surface area contributed by atoms with Gasteiger partial charge in [-0.05, 0) is 57.0 Å². The van der Waals surface area contributed by atoms with E-state index >= 15 is 0 Å². The highest BCUT2D eigenvalue weighted by atomic mass is 35.5. The molecule has 0 saturated carbocycles. The van der Waals surface area contributed by atoms with Crippen molar-refractivity contribution < 1.29 is 13.2 Å². The lowest BCUT2D eigenvalue weighted by atomic mass is 10.00. The lowest BCUT2D eigenvalue weighted by Gasteiger charge is -2.32. The number of nitrogens with two attached hydrogens (primary N) is 1. The van der Waals surface area contributed by atoms with Crippen LogP contribution in [0.15, 0.2) is 23.1 Å². The highest BCUT2D eigenvalue weighted by molar-refractivity contribution is 7.89. The third-order valence-corrected chi connectivity index (χ3v) is 5.95. The number of halogens is 1. The Balaban J connectivity index is 0.00000264. The van der Waals surface area contributed by atoms with E-state index in [1.807, 2.05) is 7.05 Å². The number of sulfonamides is 1. The van der Waals surface area contributed by atoms with Crippen LogP contribution in [0.3, 0.4) is 0 Å². The molecule has 1 fully saturated rings. The van der Waals surface area contributed by atoms with Crippen LogP contribution >= 0.6 is 12.4 Å². The van der Waals surface area contributed by atoms with E-state index in [4.69, 9.17) is 5.73 Å². The largest absolute Gasteiger partial charge is 0.366 e. The Labute approximate surface area is 143 Å². The Morgan fingerprint density at radius 2 is 2.13 bits per heavy atom. The highest BCUT2D eigenvalue weighted by Gasteiger charge is 2.30. The molecule has 1 saturated heterocycles. The van der Waals surface area contributed by atoms with Crippen molar-refractivity contribution in [2.75, 3.05) is 26.7 Å². The summed E-state index contributed by atoms with van der Waals surface area (Å²) < 4.78 is 27.1. The van der Waals surface area contributed by atoms with Crippen LogP contribution in [0.2, 0.25) is 0 Å². The molecule has 3 N–H and O–H groups in total. The maximum absolute atomic E-state index is 12.8. The van der Waals surface area contributed by atoms with Crippen LogP contribution < -0.4 is 11.1 Å². The van der Waals surface area contributed by atoms with Crippen molar-refractivity contribution in [3.8, 4) is 0 Å². The van der Waals surface area contributed by atoms with Crippen molar-refractivity contribution in [3.63, 3.8) is 0 Å². The molecule has 1 heterocycles. The van der Waals surface area contributed by atoms with E-state index in [9.17, 15) is 13.2 Å². The van der Waals surface area contributed by atoms with Gasteiger partial charge in [0.2, 0.25) is 15.9 Å². The van der Waals surface area contributed by atoms with E-state index in [2.05, 4.69) is 5.32 Å². The number of benzene rings is 1. The van der Waals surface area contributed by atoms with E-state index in [0.717, 1.165) is 19.4 Å². The van der Waals surface area contributed by atoms with Crippen molar-refractivity contribution >= 4 is 28.3 Å². The standard InChI is InChI=1S/C15H23N3O3S.ClH/c1-11-5-6-13(8-14(11)15(16)19)22(20,21)18-7-3-4-12(10-18)9-17-2;/h5-6,8,12,17H,3-4,7,9-10H2,1-2H3,(H2,16,19);1H. The smallest absolute Gasteiger partial charge is 0.249 e. The van der Waals surface area contributed by atoms with Crippen molar-refractivity contribution in [2.24, 2.45) is 11.7 Å². The van der Waals surface area contributed by atoms with E-state index in [1.165, 1.54) is 10.4 Å². The number of hydrogen-bond donors (Lipinski definition) is 2. The van der Waals surface area contributed by atoms with Gasteiger partial charge in [-0.2, -0.15) is 4.31 Å². The van der Waals surface area contributed by atoms with Gasteiger partial charge in [0.25, 0.3) is 0 Å². The molecule has 1 aromatic carbocycles. The normalized spacial score (nSPS) is 19.1. The molecule has 0 aliphatic carbocycles. The quantitative estimate of drug-likeness (QED) is 0.822. The molecule has 1 aliphatic rings. The van der Waals surface area contributed by atoms with Gasteiger partial charge in [0.05, 0.1) is 4.90 Å². The number of carbonyl (C=O) groups is 1. The Morgan fingerprint density at radius 3 is 2.74 bits per heavy atom. The highest BCUT2D eigenvalue weighted by Crippen LogP contribution is 2.24.